The van der Waals surface area contributed by atoms with Crippen molar-refractivity contribution in [3.63, 3.8) is 0 Å². The van der Waals surface area contributed by atoms with Gasteiger partial charge in [-0.25, -0.2) is 9.98 Å². The Labute approximate surface area is 192 Å². The number of hydrogen-bond acceptors (Lipinski definition) is 6. The summed E-state index contributed by atoms with van der Waals surface area (Å²) in [5.74, 6) is 0.602. The van der Waals surface area contributed by atoms with Crippen LogP contribution in [0.4, 0.5) is 4.39 Å². The second kappa shape index (κ2) is 9.38. The number of guanidine groups is 1. The Morgan fingerprint density at radius 2 is 1.88 bits per heavy atom. The first kappa shape index (κ1) is 22.4. The van der Waals surface area contributed by atoms with Gasteiger partial charge in [0.05, 0.1) is 0 Å². The maximum atomic E-state index is 14.4. The van der Waals surface area contributed by atoms with Crippen LogP contribution in [0.2, 0.25) is 0 Å². The molecule has 8 heteroatoms. The minimum atomic E-state index is -1.17. The minimum absolute atomic E-state index is 0.133. The number of methoxy groups -OCH3 is 1. The average Bonchev–Trinajstić information content (AvgIpc) is 3.09. The molecule has 0 spiro atoms. The van der Waals surface area contributed by atoms with Crippen LogP contribution in [0.15, 0.2) is 71.9 Å². The van der Waals surface area contributed by atoms with Crippen LogP contribution < -0.4 is 10.5 Å². The molecule has 1 aliphatic heterocycles. The summed E-state index contributed by atoms with van der Waals surface area (Å²) in [6, 6.07) is 18.1. The molecule has 4 rings (SSSR count). The third kappa shape index (κ3) is 4.05. The van der Waals surface area contributed by atoms with E-state index < -0.39 is 11.5 Å². The van der Waals surface area contributed by atoms with E-state index in [1.54, 1.807) is 24.1 Å². The highest BCUT2D eigenvalue weighted by Crippen LogP contribution is 2.41. The number of rotatable bonds is 8. The molecule has 2 aromatic carbocycles. The van der Waals surface area contributed by atoms with Crippen LogP contribution in [0, 0.1) is 11.4 Å². The Kier molecular flexibility index (Phi) is 6.37. The van der Waals surface area contributed by atoms with Crippen molar-refractivity contribution in [3.05, 3.63) is 83.9 Å². The molecular formula is C25H26FN5O2. The quantitative estimate of drug-likeness (QED) is 0.400. The first-order valence-corrected chi connectivity index (χ1v) is 10.7. The van der Waals surface area contributed by atoms with E-state index in [1.165, 1.54) is 6.20 Å². The minimum Gasteiger partial charge on any atom is -0.468 e. The normalized spacial score (nSPS) is 17.8. The molecule has 0 aliphatic carbocycles. The van der Waals surface area contributed by atoms with Crippen LogP contribution in [0.25, 0.3) is 11.1 Å². The Balaban J connectivity index is 1.86. The van der Waals surface area contributed by atoms with Crippen molar-refractivity contribution in [2.45, 2.75) is 18.9 Å². The van der Waals surface area contributed by atoms with E-state index in [0.29, 0.717) is 29.0 Å². The maximum absolute atomic E-state index is 14.4. The van der Waals surface area contributed by atoms with Gasteiger partial charge in [0.1, 0.15) is 11.6 Å². The molecule has 0 amide bonds. The molecule has 2 heterocycles. The topological polar surface area (TPSA) is 96.8 Å². The van der Waals surface area contributed by atoms with E-state index in [4.69, 9.17) is 25.6 Å². The van der Waals surface area contributed by atoms with Crippen molar-refractivity contribution in [1.29, 1.82) is 5.41 Å². The van der Waals surface area contributed by atoms with Gasteiger partial charge in [0.25, 0.3) is 0 Å². The fraction of sp³-hybridized carbons (Fsp3) is 0.240. The molecule has 0 saturated heterocycles. The number of nitrogens with one attached hydrogen (secondary N) is 1. The van der Waals surface area contributed by atoms with E-state index in [2.05, 4.69) is 4.98 Å². The molecular weight excluding hydrogens is 421 g/mol. The maximum Gasteiger partial charge on any atom is 0.220 e. The molecule has 0 radical (unpaired) electrons. The van der Waals surface area contributed by atoms with Gasteiger partial charge < -0.3 is 15.2 Å². The SMILES string of the molecule is CCCN1C(=N)C(c2ccc(OCOC)cc2)(c2cccc(-c3cccnc3F)c2)N=C1N. The Bertz CT molecular complexity index is 1180. The van der Waals surface area contributed by atoms with Gasteiger partial charge in [-0.05, 0) is 53.4 Å². The number of pyridine rings is 1. The summed E-state index contributed by atoms with van der Waals surface area (Å²) < 4.78 is 24.9. The van der Waals surface area contributed by atoms with Crippen LogP contribution in [0.5, 0.6) is 5.75 Å². The van der Waals surface area contributed by atoms with Gasteiger partial charge in [-0.1, -0.05) is 37.3 Å². The summed E-state index contributed by atoms with van der Waals surface area (Å²) in [6.07, 6.45) is 2.22. The number of aromatic nitrogens is 1. The van der Waals surface area contributed by atoms with Gasteiger partial charge in [-0.2, -0.15) is 4.39 Å². The summed E-state index contributed by atoms with van der Waals surface area (Å²) in [6.45, 7) is 2.73. The van der Waals surface area contributed by atoms with Gasteiger partial charge in [0.15, 0.2) is 18.3 Å². The van der Waals surface area contributed by atoms with Crippen LogP contribution in [-0.2, 0) is 10.3 Å². The molecule has 1 unspecified atom stereocenters. The summed E-state index contributed by atoms with van der Waals surface area (Å²) in [5, 5.41) is 9.10. The first-order chi connectivity index (χ1) is 16.0. The van der Waals surface area contributed by atoms with Crippen molar-refractivity contribution in [2.75, 3.05) is 20.4 Å². The standard InChI is InChI=1S/C25H26FN5O2/c1-3-14-31-23(27)25(30-24(31)28,18-9-11-20(12-10-18)33-16-32-2)19-7-4-6-17(15-19)21-8-5-13-29-22(21)26/h4-13,15,27H,3,14,16H2,1-2H3,(H2,28,30). The third-order valence-electron chi connectivity index (χ3n) is 5.58. The summed E-state index contributed by atoms with van der Waals surface area (Å²) >= 11 is 0. The van der Waals surface area contributed by atoms with Crippen molar-refractivity contribution >= 4 is 11.8 Å². The average molecular weight is 448 g/mol. The molecule has 33 heavy (non-hydrogen) atoms. The molecule has 0 fully saturated rings. The summed E-state index contributed by atoms with van der Waals surface area (Å²) in [7, 11) is 1.56. The van der Waals surface area contributed by atoms with Crippen molar-refractivity contribution in [3.8, 4) is 16.9 Å². The van der Waals surface area contributed by atoms with Gasteiger partial charge in [-0.15, -0.1) is 0 Å². The number of halogens is 1. The summed E-state index contributed by atoms with van der Waals surface area (Å²) in [4.78, 5) is 10.3. The number of benzene rings is 2. The van der Waals surface area contributed by atoms with Crippen molar-refractivity contribution < 1.29 is 13.9 Å². The van der Waals surface area contributed by atoms with E-state index in [-0.39, 0.29) is 18.6 Å². The number of nitrogens with two attached hydrogens (primary N) is 1. The van der Waals surface area contributed by atoms with E-state index in [1.807, 2.05) is 55.5 Å². The van der Waals surface area contributed by atoms with E-state index >= 15 is 0 Å². The molecule has 0 saturated carbocycles. The van der Waals surface area contributed by atoms with Gasteiger partial charge >= 0.3 is 0 Å². The lowest BCUT2D eigenvalue weighted by molar-refractivity contribution is 0.0511. The monoisotopic (exact) mass is 447 g/mol. The van der Waals surface area contributed by atoms with Gasteiger partial charge in [-0.3, -0.25) is 10.3 Å². The zero-order chi connectivity index (χ0) is 23.4. The van der Waals surface area contributed by atoms with E-state index in [9.17, 15) is 4.39 Å². The molecule has 1 aliphatic rings. The number of ether oxygens (including phenoxy) is 2. The fourth-order valence-corrected chi connectivity index (χ4v) is 4.05. The lowest BCUT2D eigenvalue weighted by Gasteiger charge is -2.30. The Morgan fingerprint density at radius 1 is 1.09 bits per heavy atom. The number of hydrogen-bond donors (Lipinski definition) is 2. The van der Waals surface area contributed by atoms with Crippen molar-refractivity contribution in [2.24, 2.45) is 10.7 Å². The second-order valence-electron chi connectivity index (χ2n) is 7.68. The van der Waals surface area contributed by atoms with Crippen molar-refractivity contribution in [1.82, 2.24) is 9.88 Å². The van der Waals surface area contributed by atoms with Crippen LogP contribution in [0.1, 0.15) is 24.5 Å². The second-order valence-corrected chi connectivity index (χ2v) is 7.68. The highest BCUT2D eigenvalue weighted by atomic mass is 19.1. The highest BCUT2D eigenvalue weighted by Gasteiger charge is 2.47. The molecule has 1 aromatic heterocycles. The Morgan fingerprint density at radius 3 is 2.58 bits per heavy atom. The number of aliphatic imine (C=N–C) groups is 1. The lowest BCUT2D eigenvalue weighted by Crippen LogP contribution is -2.43. The smallest absolute Gasteiger partial charge is 0.220 e. The number of amidine groups is 1. The molecule has 7 nitrogen and oxygen atoms in total. The van der Waals surface area contributed by atoms with Crippen LogP contribution in [-0.4, -0.2) is 42.1 Å². The lowest BCUT2D eigenvalue weighted by atomic mass is 9.81. The van der Waals surface area contributed by atoms with Crippen LogP contribution in [0.3, 0.4) is 0 Å². The highest BCUT2D eigenvalue weighted by molar-refractivity contribution is 6.10. The molecule has 170 valence electrons. The molecule has 3 N–H and O–H groups in total. The zero-order valence-corrected chi connectivity index (χ0v) is 18.6. The first-order valence-electron chi connectivity index (χ1n) is 10.7. The Hall–Kier alpha value is -3.78. The number of nitrogens with zero attached hydrogens (tertiary/aromatic N) is 3. The van der Waals surface area contributed by atoms with Crippen LogP contribution >= 0.6 is 0 Å². The largest absolute Gasteiger partial charge is 0.468 e. The molecule has 1 atom stereocenters. The van der Waals surface area contributed by atoms with E-state index in [0.717, 1.165) is 12.0 Å². The predicted octanol–water partition coefficient (Wildman–Crippen LogP) is 4.13. The fourth-order valence-electron chi connectivity index (χ4n) is 4.05. The molecule has 3 aromatic rings. The van der Waals surface area contributed by atoms with Gasteiger partial charge in [0, 0.05) is 25.4 Å². The van der Waals surface area contributed by atoms with Gasteiger partial charge in [0.2, 0.25) is 5.95 Å². The zero-order valence-electron chi connectivity index (χ0n) is 18.6. The molecule has 0 bridgehead atoms. The third-order valence-corrected chi connectivity index (χ3v) is 5.58. The predicted molar refractivity (Wildman–Crippen MR) is 126 cm³/mol. The summed E-state index contributed by atoms with van der Waals surface area (Å²) in [5.41, 5.74) is 7.61.